The maximum atomic E-state index is 11.4. The van der Waals surface area contributed by atoms with Gasteiger partial charge in [-0.1, -0.05) is 11.6 Å². The highest BCUT2D eigenvalue weighted by atomic mass is 35.5. The van der Waals surface area contributed by atoms with Crippen LogP contribution < -0.4 is 4.90 Å². The lowest BCUT2D eigenvalue weighted by molar-refractivity contribution is 0.388. The number of nitrogens with zero attached hydrogens (tertiary/aromatic N) is 2. The molecule has 0 aliphatic carbocycles. The largest absolute Gasteiger partial charge is 0.369 e. The van der Waals surface area contributed by atoms with E-state index in [4.69, 9.17) is 11.6 Å². The van der Waals surface area contributed by atoms with E-state index < -0.39 is 10.0 Å². The van der Waals surface area contributed by atoms with Gasteiger partial charge in [0.2, 0.25) is 10.0 Å². The standard InChI is InChI=1S/C12H17ClN2O2S/c1-10-9-11(13)3-4-12(10)14-5-7-15(8-6-14)18(2,16)17/h3-4,9H,5-8H2,1-2H3. The molecule has 1 aromatic carbocycles. The Labute approximate surface area is 113 Å². The first-order chi connectivity index (χ1) is 8.38. The molecule has 1 aromatic rings. The summed E-state index contributed by atoms with van der Waals surface area (Å²) in [5.41, 5.74) is 2.25. The van der Waals surface area contributed by atoms with Gasteiger partial charge < -0.3 is 4.90 Å². The highest BCUT2D eigenvalue weighted by Crippen LogP contribution is 2.24. The van der Waals surface area contributed by atoms with Gasteiger partial charge in [0.1, 0.15) is 0 Å². The third-order valence-corrected chi connectivity index (χ3v) is 4.75. The molecule has 6 heteroatoms. The summed E-state index contributed by atoms with van der Waals surface area (Å²) in [5, 5.41) is 0.728. The summed E-state index contributed by atoms with van der Waals surface area (Å²) in [6.07, 6.45) is 1.26. The van der Waals surface area contributed by atoms with E-state index >= 15 is 0 Å². The monoisotopic (exact) mass is 288 g/mol. The molecular weight excluding hydrogens is 272 g/mol. The Morgan fingerprint density at radius 2 is 1.78 bits per heavy atom. The fourth-order valence-electron chi connectivity index (χ4n) is 2.23. The number of aryl methyl sites for hydroxylation is 1. The van der Waals surface area contributed by atoms with E-state index in [0.29, 0.717) is 13.1 Å². The molecule has 1 aliphatic rings. The van der Waals surface area contributed by atoms with E-state index in [-0.39, 0.29) is 0 Å². The summed E-state index contributed by atoms with van der Waals surface area (Å²) in [6, 6.07) is 5.79. The van der Waals surface area contributed by atoms with Crippen molar-refractivity contribution in [2.75, 3.05) is 37.3 Å². The van der Waals surface area contributed by atoms with Crippen LogP contribution in [-0.4, -0.2) is 45.2 Å². The molecule has 4 nitrogen and oxygen atoms in total. The van der Waals surface area contributed by atoms with E-state index in [9.17, 15) is 8.42 Å². The summed E-state index contributed by atoms with van der Waals surface area (Å²) >= 11 is 5.93. The van der Waals surface area contributed by atoms with Gasteiger partial charge in [0, 0.05) is 36.9 Å². The van der Waals surface area contributed by atoms with Gasteiger partial charge in [-0.25, -0.2) is 8.42 Å². The van der Waals surface area contributed by atoms with Crippen molar-refractivity contribution >= 4 is 27.3 Å². The second-order valence-electron chi connectivity index (χ2n) is 4.58. The van der Waals surface area contributed by atoms with Crippen molar-refractivity contribution in [3.63, 3.8) is 0 Å². The van der Waals surface area contributed by atoms with Crippen LogP contribution in [0, 0.1) is 6.92 Å². The number of anilines is 1. The summed E-state index contributed by atoms with van der Waals surface area (Å²) in [6.45, 7) is 4.54. The molecular formula is C12H17ClN2O2S. The van der Waals surface area contributed by atoms with Gasteiger partial charge in [0.25, 0.3) is 0 Å². The van der Waals surface area contributed by atoms with Gasteiger partial charge in [-0.05, 0) is 30.7 Å². The predicted octanol–water partition coefficient (Wildman–Crippen LogP) is 1.73. The molecule has 0 unspecified atom stereocenters. The zero-order valence-electron chi connectivity index (χ0n) is 10.6. The molecule has 1 heterocycles. The van der Waals surface area contributed by atoms with Crippen molar-refractivity contribution < 1.29 is 8.42 Å². The fraction of sp³-hybridized carbons (Fsp3) is 0.500. The molecule has 0 radical (unpaired) electrons. The first kappa shape index (κ1) is 13.6. The van der Waals surface area contributed by atoms with Crippen LogP contribution in [0.15, 0.2) is 18.2 Å². The smallest absolute Gasteiger partial charge is 0.211 e. The molecule has 1 saturated heterocycles. The third kappa shape index (κ3) is 2.96. The van der Waals surface area contributed by atoms with Gasteiger partial charge in [-0.3, -0.25) is 0 Å². The lowest BCUT2D eigenvalue weighted by Crippen LogP contribution is -2.48. The Kier molecular flexibility index (Phi) is 3.84. The average Bonchev–Trinajstić information content (AvgIpc) is 2.28. The van der Waals surface area contributed by atoms with Crippen molar-refractivity contribution in [2.24, 2.45) is 0 Å². The van der Waals surface area contributed by atoms with E-state index in [2.05, 4.69) is 4.90 Å². The normalized spacial score (nSPS) is 18.1. The van der Waals surface area contributed by atoms with Crippen LogP contribution in [-0.2, 0) is 10.0 Å². The van der Waals surface area contributed by atoms with Crippen molar-refractivity contribution in [1.82, 2.24) is 4.31 Å². The maximum absolute atomic E-state index is 11.4. The minimum Gasteiger partial charge on any atom is -0.369 e. The third-order valence-electron chi connectivity index (χ3n) is 3.21. The highest BCUT2D eigenvalue weighted by molar-refractivity contribution is 7.88. The predicted molar refractivity (Wildman–Crippen MR) is 74.8 cm³/mol. The Balaban J connectivity index is 2.10. The van der Waals surface area contributed by atoms with E-state index in [0.717, 1.165) is 29.4 Å². The molecule has 0 saturated carbocycles. The Morgan fingerprint density at radius 1 is 1.17 bits per heavy atom. The number of sulfonamides is 1. The number of benzene rings is 1. The molecule has 18 heavy (non-hydrogen) atoms. The molecule has 100 valence electrons. The number of hydrogen-bond acceptors (Lipinski definition) is 3. The second kappa shape index (κ2) is 5.07. The summed E-state index contributed by atoms with van der Waals surface area (Å²) in [4.78, 5) is 2.20. The second-order valence-corrected chi connectivity index (χ2v) is 7.00. The first-order valence-corrected chi connectivity index (χ1v) is 8.07. The molecule has 0 amide bonds. The molecule has 0 atom stereocenters. The van der Waals surface area contributed by atoms with Gasteiger partial charge >= 0.3 is 0 Å². The zero-order valence-corrected chi connectivity index (χ0v) is 12.1. The molecule has 0 aromatic heterocycles. The van der Waals surface area contributed by atoms with Gasteiger partial charge in [-0.2, -0.15) is 4.31 Å². The van der Waals surface area contributed by atoms with Crippen LogP contribution in [0.4, 0.5) is 5.69 Å². The maximum Gasteiger partial charge on any atom is 0.211 e. The van der Waals surface area contributed by atoms with Crippen LogP contribution in [0.2, 0.25) is 5.02 Å². The number of piperazine rings is 1. The zero-order chi connectivity index (χ0) is 13.3. The van der Waals surface area contributed by atoms with Gasteiger partial charge in [0.15, 0.2) is 0 Å². The van der Waals surface area contributed by atoms with E-state index in [1.165, 1.54) is 10.6 Å². The van der Waals surface area contributed by atoms with Crippen LogP contribution >= 0.6 is 11.6 Å². The minimum absolute atomic E-state index is 0.543. The first-order valence-electron chi connectivity index (χ1n) is 5.84. The molecule has 1 aliphatic heterocycles. The van der Waals surface area contributed by atoms with Crippen LogP contribution in [0.25, 0.3) is 0 Å². The summed E-state index contributed by atoms with van der Waals surface area (Å²) in [5.74, 6) is 0. The summed E-state index contributed by atoms with van der Waals surface area (Å²) in [7, 11) is -3.06. The van der Waals surface area contributed by atoms with Gasteiger partial charge in [-0.15, -0.1) is 0 Å². The molecule has 2 rings (SSSR count). The quantitative estimate of drug-likeness (QED) is 0.832. The van der Waals surface area contributed by atoms with Crippen molar-refractivity contribution in [3.05, 3.63) is 28.8 Å². The lowest BCUT2D eigenvalue weighted by atomic mass is 10.1. The van der Waals surface area contributed by atoms with Crippen LogP contribution in [0.3, 0.4) is 0 Å². The fourth-order valence-corrected chi connectivity index (χ4v) is 3.29. The minimum atomic E-state index is -3.06. The molecule has 1 fully saturated rings. The Morgan fingerprint density at radius 3 is 2.28 bits per heavy atom. The number of hydrogen-bond donors (Lipinski definition) is 0. The molecule has 0 bridgehead atoms. The molecule has 0 N–H and O–H groups in total. The number of halogens is 1. The van der Waals surface area contributed by atoms with Crippen molar-refractivity contribution in [2.45, 2.75) is 6.92 Å². The summed E-state index contributed by atoms with van der Waals surface area (Å²) < 4.78 is 24.4. The lowest BCUT2D eigenvalue weighted by Gasteiger charge is -2.35. The van der Waals surface area contributed by atoms with E-state index in [1.54, 1.807) is 0 Å². The van der Waals surface area contributed by atoms with Crippen molar-refractivity contribution in [3.8, 4) is 0 Å². The van der Waals surface area contributed by atoms with Gasteiger partial charge in [0.05, 0.1) is 6.26 Å². The highest BCUT2D eigenvalue weighted by Gasteiger charge is 2.23. The van der Waals surface area contributed by atoms with Crippen LogP contribution in [0.1, 0.15) is 5.56 Å². The van der Waals surface area contributed by atoms with Crippen molar-refractivity contribution in [1.29, 1.82) is 0 Å². The van der Waals surface area contributed by atoms with Crippen LogP contribution in [0.5, 0.6) is 0 Å². The Hall–Kier alpha value is -0.780. The topological polar surface area (TPSA) is 40.6 Å². The Bertz CT molecular complexity index is 537. The van der Waals surface area contributed by atoms with E-state index in [1.807, 2.05) is 25.1 Å². The SMILES string of the molecule is Cc1cc(Cl)ccc1N1CCN(S(C)(=O)=O)CC1. The average molecular weight is 289 g/mol. The number of rotatable bonds is 2. The molecule has 0 spiro atoms.